The van der Waals surface area contributed by atoms with E-state index in [1.54, 1.807) is 109 Å². The molecule has 4 aliphatic heterocycles. The van der Waals surface area contributed by atoms with Crippen molar-refractivity contribution in [1.82, 2.24) is 0 Å². The fraction of sp³-hybridized carbons (Fsp3) is 0.185. The molecule has 7 atom stereocenters. The van der Waals surface area contributed by atoms with Gasteiger partial charge in [0.25, 0.3) is 0 Å². The molecule has 7 unspecified atom stereocenters. The van der Waals surface area contributed by atoms with Crippen LogP contribution < -0.4 is 14.5 Å². The highest BCUT2D eigenvalue weighted by Gasteiger charge is 2.42. The zero-order valence-electron chi connectivity index (χ0n) is 75.6. The number of halogens is 3. The molecular formula is C119H109F3N2O10. The van der Waals surface area contributed by atoms with Crippen LogP contribution in [0.15, 0.2) is 400 Å². The van der Waals surface area contributed by atoms with Crippen LogP contribution in [0.4, 0.5) is 24.5 Å². The van der Waals surface area contributed by atoms with E-state index in [4.69, 9.17) is 9.47 Å². The van der Waals surface area contributed by atoms with Crippen molar-refractivity contribution < 1.29 is 62.6 Å². The van der Waals surface area contributed by atoms with Crippen LogP contribution in [0.2, 0.25) is 0 Å². The SMILES string of the molecule is CC(C)(C)C(O)c1ccccc1.Cc1ccc2c(c1)CN1CN2Cc2cc(C)ccc21.O=C(c1ccccc1)C(O)c1ccccc1.O=C1CC(c2ccccc2)Oc2ccccc21.O=C1CCCCC1c1ccccc1.OC(c1c2ccccc2cc2ccccc12)C(F)(F)F.Oc1ccc2ccccc2c1-c1c(O)ccc2ccccc12.c1ccc(C2OC2c2ccccc2)cc1. The maximum atomic E-state index is 12.9. The molecule has 0 amide bonds. The summed E-state index contributed by atoms with van der Waals surface area (Å²) in [6.45, 7) is 13.5. The largest absolute Gasteiger partial charge is 0.507 e. The highest BCUT2D eigenvalue weighted by molar-refractivity contribution is 6.10. The number of aliphatic hydroxyl groups excluding tert-OH is 3. The third kappa shape index (κ3) is 23.3. The standard InChI is InChI=1S/C20H14O2.C17H18N2.C16H11F3O.C15H12O2.C14H12O2.C14H12O.C12H14O.C11H16O/c21-17-11-9-13-5-1-3-7-15(13)19(17)20-16-8-4-2-6-14(16)10-12-18(20)22;1-12-3-5-16-14(7-12)9-18-11-19(16)10-15-8-13(2)4-6-17(15)18;17-16(18,19)15(20)14-12-7-3-1-5-10(12)9-11-6-2-4-8-13(11)14;16-13-10-15(11-6-2-1-3-7-11)17-14-9-5-4-8-12(13)14;15-13(11-7-3-1-4-8-11)14(16)12-9-5-2-6-10-12;1-3-7-11(8-4-1)13-14(15-13)12-9-5-2-6-10-12;13-12-9-5-4-8-11(12)10-6-2-1-3-7-10;1-11(2,3)10(12)9-7-5-4-6-8-9/h1-12,21-22H;3-8H,9-11H2,1-2H3;1-9,15,20H;1-9,15H,10H2;1-10,13,15H;1-10,13-14H;1-3,6-7,11H,4-5,8-9H2;4-8,10,12H,1-3H3. The number of hydrogen-bond donors (Lipinski definition) is 5. The van der Waals surface area contributed by atoms with Crippen LogP contribution >= 0.6 is 0 Å². The summed E-state index contributed by atoms with van der Waals surface area (Å²) in [7, 11) is 0. The number of aliphatic hydroxyl groups is 3. The summed E-state index contributed by atoms with van der Waals surface area (Å²) < 4.78 is 50.4. The van der Waals surface area contributed by atoms with E-state index in [0.29, 0.717) is 67.3 Å². The van der Waals surface area contributed by atoms with Crippen molar-refractivity contribution in [3.63, 3.8) is 0 Å². The topological polar surface area (TPSA) is 181 Å². The van der Waals surface area contributed by atoms with E-state index < -0.39 is 18.4 Å². The Labute approximate surface area is 781 Å². The number of nitrogens with zero attached hydrogens (tertiary/aromatic N) is 2. The molecule has 2 bridgehead atoms. The van der Waals surface area contributed by atoms with Crippen molar-refractivity contribution in [2.75, 3.05) is 16.5 Å². The van der Waals surface area contributed by atoms with Gasteiger partial charge in [0.05, 0.1) is 24.8 Å². The monoisotopic (exact) mass is 1780 g/mol. The number of carbonyl (C=O) groups is 3. The molecule has 17 aromatic carbocycles. The lowest BCUT2D eigenvalue weighted by Gasteiger charge is -2.45. The number of carbonyl (C=O) groups excluding carboxylic acids is 3. The predicted octanol–water partition coefficient (Wildman–Crippen LogP) is 28.4. The van der Waals surface area contributed by atoms with Crippen molar-refractivity contribution >= 4 is 71.8 Å². The van der Waals surface area contributed by atoms with Gasteiger partial charge in [-0.3, -0.25) is 14.4 Å². The number of aryl methyl sites for hydroxylation is 2. The van der Waals surface area contributed by atoms with Gasteiger partial charge in [0.1, 0.15) is 47.4 Å². The Bertz CT molecular complexity index is 6590. The number of phenolic OH excluding ortho intramolecular Hbond substituents is 2. The van der Waals surface area contributed by atoms with Crippen molar-refractivity contribution in [3.05, 3.63) is 473 Å². The van der Waals surface area contributed by atoms with Gasteiger partial charge in [0.15, 0.2) is 17.7 Å². The number of rotatable bonds is 10. The van der Waals surface area contributed by atoms with Gasteiger partial charge in [0.2, 0.25) is 0 Å². The van der Waals surface area contributed by atoms with Crippen LogP contribution in [0.3, 0.4) is 0 Å². The second-order valence-electron chi connectivity index (χ2n) is 35.2. The Hall–Kier alpha value is -14.6. The number of Topliss-reactive ketones (excluding diaryl/α,β-unsaturated/α-hetero) is 3. The number of aromatic hydroxyl groups is 2. The minimum atomic E-state index is -4.69. The van der Waals surface area contributed by atoms with Gasteiger partial charge in [0, 0.05) is 59.1 Å². The Balaban J connectivity index is 0.000000118. The van der Waals surface area contributed by atoms with E-state index in [0.717, 1.165) is 71.7 Å². The van der Waals surface area contributed by atoms with Crippen LogP contribution in [0.1, 0.15) is 177 Å². The van der Waals surface area contributed by atoms with Crippen LogP contribution in [0.25, 0.3) is 54.2 Å². The number of alkyl halides is 3. The number of ketones is 3. The Morgan fingerprint density at radius 2 is 0.813 bits per heavy atom. The lowest BCUT2D eigenvalue weighted by Crippen LogP contribution is -2.46. The molecule has 12 nitrogen and oxygen atoms in total. The average Bonchev–Trinajstić information content (AvgIpc) is 1.40. The lowest BCUT2D eigenvalue weighted by atomic mass is 9.83. The Kier molecular flexibility index (Phi) is 30.6. The van der Waals surface area contributed by atoms with Crippen LogP contribution in [0, 0.1) is 19.3 Å². The maximum absolute atomic E-state index is 12.9. The maximum Gasteiger partial charge on any atom is 0.418 e. The first-order valence-electron chi connectivity index (χ1n) is 45.4. The molecule has 2 fully saturated rings. The van der Waals surface area contributed by atoms with Crippen molar-refractivity contribution in [2.45, 2.75) is 129 Å². The molecular weight excluding hydrogens is 1670 g/mol. The minimum Gasteiger partial charge on any atom is -0.507 e. The fourth-order valence-corrected chi connectivity index (χ4v) is 17.6. The van der Waals surface area contributed by atoms with Gasteiger partial charge in [-0.15, -0.1) is 0 Å². The van der Waals surface area contributed by atoms with Crippen LogP contribution in [-0.4, -0.2) is 55.7 Å². The molecule has 17 aromatic rings. The fourth-order valence-electron chi connectivity index (χ4n) is 17.6. The minimum absolute atomic E-state index is 0.0776. The number of anilines is 2. The first kappa shape index (κ1) is 94.1. The number of ether oxygens (including phenoxy) is 2. The summed E-state index contributed by atoms with van der Waals surface area (Å²) in [6.07, 6.45) is -3.74. The molecule has 676 valence electrons. The second-order valence-corrected chi connectivity index (χ2v) is 35.2. The third-order valence-electron chi connectivity index (χ3n) is 24.5. The molecule has 22 rings (SSSR count). The van der Waals surface area contributed by atoms with Gasteiger partial charge >= 0.3 is 6.18 Å². The molecule has 1 saturated heterocycles. The number of hydrogen-bond acceptors (Lipinski definition) is 12. The highest BCUT2D eigenvalue weighted by Crippen LogP contribution is 2.51. The number of phenols is 2. The highest BCUT2D eigenvalue weighted by atomic mass is 19.4. The Morgan fingerprint density at radius 3 is 1.28 bits per heavy atom. The first-order chi connectivity index (χ1) is 64.9. The quantitative estimate of drug-likeness (QED) is 0.0498. The van der Waals surface area contributed by atoms with E-state index in [1.807, 2.05) is 215 Å². The van der Waals surface area contributed by atoms with Gasteiger partial charge in [-0.1, -0.05) is 396 Å². The summed E-state index contributed by atoms with van der Waals surface area (Å²) in [5, 5.41) is 56.5. The molecule has 0 spiro atoms. The summed E-state index contributed by atoms with van der Waals surface area (Å²) in [5.41, 5.74) is 17.3. The molecule has 0 radical (unpaired) electrons. The van der Waals surface area contributed by atoms with E-state index in [-0.39, 0.29) is 64.4 Å². The predicted molar refractivity (Wildman–Crippen MR) is 533 cm³/mol. The summed E-state index contributed by atoms with van der Waals surface area (Å²) in [6, 6.07) is 128. The number of benzene rings is 17. The number of fused-ring (bicyclic) bond motifs is 11. The van der Waals surface area contributed by atoms with E-state index >= 15 is 0 Å². The number of para-hydroxylation sites is 1. The molecule has 4 heterocycles. The summed E-state index contributed by atoms with van der Waals surface area (Å²) >= 11 is 0. The summed E-state index contributed by atoms with van der Waals surface area (Å²) in [5.74, 6) is 1.54. The van der Waals surface area contributed by atoms with Crippen LogP contribution in [-0.2, 0) is 22.6 Å². The third-order valence-corrected chi connectivity index (χ3v) is 24.5. The van der Waals surface area contributed by atoms with Crippen molar-refractivity contribution in [3.8, 4) is 28.4 Å². The van der Waals surface area contributed by atoms with Gasteiger partial charge in [-0.2, -0.15) is 13.2 Å². The average molecular weight is 1780 g/mol. The lowest BCUT2D eigenvalue weighted by molar-refractivity contribution is -0.206. The van der Waals surface area contributed by atoms with E-state index in [9.17, 15) is 53.1 Å². The zero-order chi connectivity index (χ0) is 93.8. The van der Waals surface area contributed by atoms with Gasteiger partial charge in [-0.05, 0) is 162 Å². The molecule has 1 saturated carbocycles. The smallest absolute Gasteiger partial charge is 0.418 e. The van der Waals surface area contributed by atoms with Gasteiger partial charge < -0.3 is 44.8 Å². The van der Waals surface area contributed by atoms with E-state index in [1.165, 1.54) is 56.7 Å². The second kappa shape index (κ2) is 43.6. The first-order valence-corrected chi connectivity index (χ1v) is 45.4. The van der Waals surface area contributed by atoms with Crippen molar-refractivity contribution in [1.29, 1.82) is 0 Å². The molecule has 0 aromatic heterocycles. The van der Waals surface area contributed by atoms with Crippen molar-refractivity contribution in [2.24, 2.45) is 5.41 Å². The molecule has 1 aliphatic carbocycles. The molecule has 134 heavy (non-hydrogen) atoms. The van der Waals surface area contributed by atoms with E-state index in [2.05, 4.69) is 121 Å². The van der Waals surface area contributed by atoms with Crippen LogP contribution in [0.5, 0.6) is 17.2 Å². The number of epoxide rings is 1. The summed E-state index contributed by atoms with van der Waals surface area (Å²) in [4.78, 5) is 40.5. The molecule has 15 heteroatoms. The molecule has 5 aliphatic rings. The normalized spacial score (nSPS) is 16.1. The van der Waals surface area contributed by atoms with Gasteiger partial charge in [-0.25, -0.2) is 0 Å². The molecule has 5 N–H and O–H groups in total. The zero-order valence-corrected chi connectivity index (χ0v) is 75.6. The Morgan fingerprint density at radius 1 is 0.410 bits per heavy atom.